The third kappa shape index (κ3) is 1.73. The normalized spacial score (nSPS) is 10.8. The number of nitro benzene ring substituents is 1. The van der Waals surface area contributed by atoms with Crippen LogP contribution in [-0.4, -0.2) is 10.0 Å². The van der Waals surface area contributed by atoms with Gasteiger partial charge in [-0.25, -0.2) is 0 Å². The summed E-state index contributed by atoms with van der Waals surface area (Å²) in [6.45, 7) is -0.274. The molecule has 2 rings (SSSR count). The predicted octanol–water partition coefficient (Wildman–Crippen LogP) is 2.60. The summed E-state index contributed by atoms with van der Waals surface area (Å²) in [6, 6.07) is 4.64. The van der Waals surface area contributed by atoms with Gasteiger partial charge in [0.05, 0.1) is 4.92 Å². The van der Waals surface area contributed by atoms with Gasteiger partial charge in [0.15, 0.2) is 0 Å². The van der Waals surface area contributed by atoms with Crippen LogP contribution in [-0.2, 0) is 6.61 Å². The van der Waals surface area contributed by atoms with Crippen LogP contribution in [0.3, 0.4) is 0 Å². The first-order valence-corrected chi connectivity index (χ1v) is 4.88. The van der Waals surface area contributed by atoms with Gasteiger partial charge in [0.2, 0.25) is 5.58 Å². The van der Waals surface area contributed by atoms with Crippen molar-refractivity contribution in [2.75, 3.05) is 0 Å². The van der Waals surface area contributed by atoms with Crippen LogP contribution >= 0.6 is 15.9 Å². The molecule has 0 spiro atoms. The van der Waals surface area contributed by atoms with E-state index in [-0.39, 0.29) is 17.9 Å². The number of aliphatic hydroxyl groups excluding tert-OH is 1. The molecule has 0 saturated heterocycles. The molecule has 0 radical (unpaired) electrons. The SMILES string of the molecule is O=[N+]([O-])c1cc(Br)cc2cc(CO)oc12. The highest BCUT2D eigenvalue weighted by molar-refractivity contribution is 9.10. The molecule has 6 heteroatoms. The summed E-state index contributed by atoms with van der Waals surface area (Å²) >= 11 is 3.17. The fourth-order valence-electron chi connectivity index (χ4n) is 1.37. The van der Waals surface area contributed by atoms with Gasteiger partial charge in [-0.1, -0.05) is 15.9 Å². The second kappa shape index (κ2) is 3.63. The first-order chi connectivity index (χ1) is 7.11. The predicted molar refractivity (Wildman–Crippen MR) is 56.5 cm³/mol. The lowest BCUT2D eigenvalue weighted by Crippen LogP contribution is -1.87. The van der Waals surface area contributed by atoms with Gasteiger partial charge in [0.25, 0.3) is 0 Å². The molecule has 1 N–H and O–H groups in total. The van der Waals surface area contributed by atoms with E-state index in [0.29, 0.717) is 15.6 Å². The van der Waals surface area contributed by atoms with Crippen molar-refractivity contribution in [1.82, 2.24) is 0 Å². The molecule has 0 amide bonds. The summed E-state index contributed by atoms with van der Waals surface area (Å²) in [5.74, 6) is 0.311. The van der Waals surface area contributed by atoms with Gasteiger partial charge in [0, 0.05) is 15.9 Å². The number of nitrogens with zero attached hydrogens (tertiary/aromatic N) is 1. The summed E-state index contributed by atoms with van der Waals surface area (Å²) in [5.41, 5.74) is 0.0753. The van der Waals surface area contributed by atoms with Gasteiger partial charge in [-0.15, -0.1) is 0 Å². The highest BCUT2D eigenvalue weighted by Crippen LogP contribution is 2.32. The summed E-state index contributed by atoms with van der Waals surface area (Å²) in [4.78, 5) is 10.2. The first-order valence-electron chi connectivity index (χ1n) is 4.09. The Balaban J connectivity index is 2.77. The lowest BCUT2D eigenvalue weighted by molar-refractivity contribution is -0.383. The minimum absolute atomic E-state index is 0.112. The van der Waals surface area contributed by atoms with Crippen molar-refractivity contribution in [3.8, 4) is 0 Å². The van der Waals surface area contributed by atoms with Crippen molar-refractivity contribution in [1.29, 1.82) is 0 Å². The molecule has 0 unspecified atom stereocenters. The summed E-state index contributed by atoms with van der Waals surface area (Å²) in [5, 5.41) is 20.2. The fourth-order valence-corrected chi connectivity index (χ4v) is 1.83. The topological polar surface area (TPSA) is 76.5 Å². The van der Waals surface area contributed by atoms with Crippen molar-refractivity contribution in [2.45, 2.75) is 6.61 Å². The Kier molecular flexibility index (Phi) is 2.45. The molecule has 1 aromatic heterocycles. The minimum atomic E-state index is -0.516. The van der Waals surface area contributed by atoms with Gasteiger partial charge in [0.1, 0.15) is 12.4 Å². The average molecular weight is 272 g/mol. The third-order valence-electron chi connectivity index (χ3n) is 1.97. The fraction of sp³-hybridized carbons (Fsp3) is 0.111. The van der Waals surface area contributed by atoms with Gasteiger partial charge in [-0.3, -0.25) is 10.1 Å². The molecule has 1 heterocycles. The van der Waals surface area contributed by atoms with Crippen molar-refractivity contribution in [3.63, 3.8) is 0 Å². The Bertz CT molecular complexity index is 534. The largest absolute Gasteiger partial charge is 0.451 e. The van der Waals surface area contributed by atoms with E-state index in [4.69, 9.17) is 9.52 Å². The van der Waals surface area contributed by atoms with Crippen LogP contribution < -0.4 is 0 Å². The maximum absolute atomic E-state index is 10.7. The quantitative estimate of drug-likeness (QED) is 0.673. The van der Waals surface area contributed by atoms with Crippen LogP contribution in [0.1, 0.15) is 5.76 Å². The summed E-state index contributed by atoms with van der Waals surface area (Å²) in [7, 11) is 0. The van der Waals surface area contributed by atoms with Crippen LogP contribution in [0.5, 0.6) is 0 Å². The number of furan rings is 1. The van der Waals surface area contributed by atoms with Crippen molar-refractivity contribution >= 4 is 32.6 Å². The van der Waals surface area contributed by atoms with E-state index in [1.807, 2.05) is 0 Å². The zero-order valence-corrected chi connectivity index (χ0v) is 9.02. The van der Waals surface area contributed by atoms with E-state index in [1.165, 1.54) is 6.07 Å². The number of nitro groups is 1. The Morgan fingerprint density at radius 1 is 1.47 bits per heavy atom. The number of rotatable bonds is 2. The highest BCUT2D eigenvalue weighted by Gasteiger charge is 2.17. The molecular formula is C9H6BrNO4. The van der Waals surface area contributed by atoms with Gasteiger partial charge in [-0.2, -0.15) is 0 Å². The summed E-state index contributed by atoms with van der Waals surface area (Å²) in [6.07, 6.45) is 0. The zero-order chi connectivity index (χ0) is 11.0. The van der Waals surface area contributed by atoms with E-state index >= 15 is 0 Å². The number of aliphatic hydroxyl groups is 1. The monoisotopic (exact) mass is 271 g/mol. The maximum Gasteiger partial charge on any atom is 0.313 e. The minimum Gasteiger partial charge on any atom is -0.451 e. The second-order valence-electron chi connectivity index (χ2n) is 2.97. The van der Waals surface area contributed by atoms with Gasteiger partial charge >= 0.3 is 5.69 Å². The van der Waals surface area contributed by atoms with Crippen LogP contribution in [0.15, 0.2) is 27.1 Å². The Morgan fingerprint density at radius 3 is 2.80 bits per heavy atom. The number of fused-ring (bicyclic) bond motifs is 1. The molecule has 0 aliphatic rings. The molecular weight excluding hydrogens is 266 g/mol. The van der Waals surface area contributed by atoms with Crippen molar-refractivity contribution in [3.05, 3.63) is 38.5 Å². The number of benzene rings is 1. The molecule has 5 nitrogen and oxygen atoms in total. The van der Waals surface area contributed by atoms with Crippen LogP contribution in [0.4, 0.5) is 5.69 Å². The molecule has 2 aromatic rings. The van der Waals surface area contributed by atoms with E-state index in [0.717, 1.165) is 0 Å². The van der Waals surface area contributed by atoms with Crippen LogP contribution in [0, 0.1) is 10.1 Å². The van der Waals surface area contributed by atoms with Crippen LogP contribution in [0.25, 0.3) is 11.0 Å². The number of halogens is 1. The Hall–Kier alpha value is -1.40. The molecule has 15 heavy (non-hydrogen) atoms. The lowest BCUT2D eigenvalue weighted by atomic mass is 10.2. The highest BCUT2D eigenvalue weighted by atomic mass is 79.9. The lowest BCUT2D eigenvalue weighted by Gasteiger charge is -1.93. The Morgan fingerprint density at radius 2 is 2.20 bits per heavy atom. The Labute approximate surface area is 92.6 Å². The number of non-ortho nitro benzene ring substituents is 1. The van der Waals surface area contributed by atoms with E-state index in [1.54, 1.807) is 12.1 Å². The number of hydrogen-bond donors (Lipinski definition) is 1. The van der Waals surface area contributed by atoms with Crippen molar-refractivity contribution < 1.29 is 14.4 Å². The van der Waals surface area contributed by atoms with Gasteiger partial charge < -0.3 is 9.52 Å². The first kappa shape index (κ1) is 10.1. The molecule has 0 atom stereocenters. The smallest absolute Gasteiger partial charge is 0.313 e. The number of hydrogen-bond acceptors (Lipinski definition) is 4. The summed E-state index contributed by atoms with van der Waals surface area (Å²) < 4.78 is 5.76. The maximum atomic E-state index is 10.7. The van der Waals surface area contributed by atoms with E-state index in [2.05, 4.69) is 15.9 Å². The average Bonchev–Trinajstić information content (AvgIpc) is 2.58. The van der Waals surface area contributed by atoms with E-state index < -0.39 is 4.92 Å². The molecule has 0 aliphatic carbocycles. The standard InChI is InChI=1S/C9H6BrNO4/c10-6-1-5-2-7(4-12)15-9(5)8(3-6)11(13)14/h1-3,12H,4H2. The van der Waals surface area contributed by atoms with Crippen molar-refractivity contribution in [2.24, 2.45) is 0 Å². The zero-order valence-electron chi connectivity index (χ0n) is 7.44. The second-order valence-corrected chi connectivity index (χ2v) is 3.89. The third-order valence-corrected chi connectivity index (χ3v) is 2.42. The molecule has 78 valence electrons. The molecule has 0 fully saturated rings. The molecule has 0 aliphatic heterocycles. The molecule has 0 bridgehead atoms. The van der Waals surface area contributed by atoms with E-state index in [9.17, 15) is 10.1 Å². The molecule has 1 aromatic carbocycles. The molecule has 0 saturated carbocycles. The van der Waals surface area contributed by atoms with Gasteiger partial charge in [-0.05, 0) is 12.1 Å². The van der Waals surface area contributed by atoms with Crippen LogP contribution in [0.2, 0.25) is 0 Å².